The Labute approximate surface area is 122 Å². The predicted octanol–water partition coefficient (Wildman–Crippen LogP) is 4.20. The first-order chi connectivity index (χ1) is 9.72. The SMILES string of the molecule is Cc1ccc(CNc2nc(Cl)nc3ccccc23)cc1. The summed E-state index contributed by atoms with van der Waals surface area (Å²) in [5.41, 5.74) is 3.30. The summed E-state index contributed by atoms with van der Waals surface area (Å²) in [4.78, 5) is 8.49. The summed E-state index contributed by atoms with van der Waals surface area (Å²) in [6.45, 7) is 2.78. The van der Waals surface area contributed by atoms with Gasteiger partial charge >= 0.3 is 0 Å². The van der Waals surface area contributed by atoms with Crippen LogP contribution < -0.4 is 5.32 Å². The number of nitrogens with zero attached hydrogens (tertiary/aromatic N) is 2. The standard InChI is InChI=1S/C16H14ClN3/c1-11-6-8-12(9-7-11)10-18-15-13-4-2-3-5-14(13)19-16(17)20-15/h2-9H,10H2,1H3,(H,18,19,20). The van der Waals surface area contributed by atoms with E-state index in [0.29, 0.717) is 6.54 Å². The van der Waals surface area contributed by atoms with Gasteiger partial charge in [-0.3, -0.25) is 0 Å². The minimum absolute atomic E-state index is 0.259. The summed E-state index contributed by atoms with van der Waals surface area (Å²) in [6, 6.07) is 16.2. The third kappa shape index (κ3) is 2.73. The van der Waals surface area contributed by atoms with Gasteiger partial charge in [0.1, 0.15) is 5.82 Å². The number of halogens is 1. The van der Waals surface area contributed by atoms with E-state index in [1.54, 1.807) is 0 Å². The molecule has 0 saturated carbocycles. The van der Waals surface area contributed by atoms with Gasteiger partial charge in [0, 0.05) is 11.9 Å². The van der Waals surface area contributed by atoms with E-state index in [-0.39, 0.29) is 5.28 Å². The first-order valence-electron chi connectivity index (χ1n) is 6.44. The van der Waals surface area contributed by atoms with Crippen molar-refractivity contribution in [1.29, 1.82) is 0 Å². The van der Waals surface area contributed by atoms with Crippen molar-refractivity contribution in [2.45, 2.75) is 13.5 Å². The second-order valence-corrected chi connectivity index (χ2v) is 5.04. The third-order valence-corrected chi connectivity index (χ3v) is 3.33. The van der Waals surface area contributed by atoms with E-state index in [0.717, 1.165) is 16.7 Å². The maximum atomic E-state index is 5.96. The molecule has 0 amide bonds. The molecule has 4 heteroatoms. The minimum atomic E-state index is 0.259. The van der Waals surface area contributed by atoms with Crippen LogP contribution in [0.25, 0.3) is 10.9 Å². The lowest BCUT2D eigenvalue weighted by Crippen LogP contribution is -2.03. The highest BCUT2D eigenvalue weighted by Gasteiger charge is 2.05. The van der Waals surface area contributed by atoms with Gasteiger partial charge in [-0.05, 0) is 36.2 Å². The molecule has 0 radical (unpaired) electrons. The molecule has 0 spiro atoms. The summed E-state index contributed by atoms with van der Waals surface area (Å²) < 4.78 is 0. The fourth-order valence-corrected chi connectivity index (χ4v) is 2.25. The lowest BCUT2D eigenvalue weighted by atomic mass is 10.1. The molecule has 0 unspecified atom stereocenters. The van der Waals surface area contributed by atoms with Crippen LogP contribution in [-0.2, 0) is 6.54 Å². The average molecular weight is 284 g/mol. The second kappa shape index (κ2) is 5.47. The molecule has 0 aliphatic rings. The van der Waals surface area contributed by atoms with Crippen LogP contribution >= 0.6 is 11.6 Å². The van der Waals surface area contributed by atoms with Crippen molar-refractivity contribution in [3.63, 3.8) is 0 Å². The van der Waals surface area contributed by atoms with Crippen molar-refractivity contribution in [1.82, 2.24) is 9.97 Å². The lowest BCUT2D eigenvalue weighted by Gasteiger charge is -2.09. The molecule has 20 heavy (non-hydrogen) atoms. The second-order valence-electron chi connectivity index (χ2n) is 4.70. The Morgan fingerprint density at radius 3 is 2.55 bits per heavy atom. The normalized spacial score (nSPS) is 10.7. The van der Waals surface area contributed by atoms with Crippen LogP contribution in [0.5, 0.6) is 0 Å². The Morgan fingerprint density at radius 2 is 1.75 bits per heavy atom. The van der Waals surface area contributed by atoms with Crippen LogP contribution in [0.4, 0.5) is 5.82 Å². The molecule has 2 aromatic carbocycles. The van der Waals surface area contributed by atoms with Gasteiger partial charge in [0.15, 0.2) is 0 Å². The van der Waals surface area contributed by atoms with Gasteiger partial charge in [-0.25, -0.2) is 9.97 Å². The number of para-hydroxylation sites is 1. The zero-order valence-electron chi connectivity index (χ0n) is 11.1. The zero-order chi connectivity index (χ0) is 13.9. The minimum Gasteiger partial charge on any atom is -0.365 e. The maximum absolute atomic E-state index is 5.96. The van der Waals surface area contributed by atoms with Crippen LogP contribution in [-0.4, -0.2) is 9.97 Å². The van der Waals surface area contributed by atoms with Gasteiger partial charge in [-0.1, -0.05) is 42.0 Å². The van der Waals surface area contributed by atoms with Gasteiger partial charge in [0.05, 0.1) is 5.52 Å². The molecule has 1 aromatic heterocycles. The monoisotopic (exact) mass is 283 g/mol. The van der Waals surface area contributed by atoms with E-state index in [2.05, 4.69) is 46.5 Å². The van der Waals surface area contributed by atoms with Gasteiger partial charge in [-0.15, -0.1) is 0 Å². The van der Waals surface area contributed by atoms with Crippen LogP contribution in [0.2, 0.25) is 5.28 Å². The molecule has 0 atom stereocenters. The van der Waals surface area contributed by atoms with E-state index in [9.17, 15) is 0 Å². The van der Waals surface area contributed by atoms with Gasteiger partial charge in [0.25, 0.3) is 0 Å². The quantitative estimate of drug-likeness (QED) is 0.732. The fourth-order valence-electron chi connectivity index (χ4n) is 2.07. The number of aromatic nitrogens is 2. The molecule has 0 fully saturated rings. The van der Waals surface area contributed by atoms with E-state index in [1.165, 1.54) is 11.1 Å². The summed E-state index contributed by atoms with van der Waals surface area (Å²) in [5.74, 6) is 0.765. The van der Waals surface area contributed by atoms with Crippen LogP contribution in [0.1, 0.15) is 11.1 Å². The maximum Gasteiger partial charge on any atom is 0.224 e. The van der Waals surface area contributed by atoms with Crippen LogP contribution in [0.15, 0.2) is 48.5 Å². The Balaban J connectivity index is 1.88. The average Bonchev–Trinajstić information content (AvgIpc) is 2.46. The number of anilines is 1. The Morgan fingerprint density at radius 1 is 1.00 bits per heavy atom. The van der Waals surface area contributed by atoms with E-state index < -0.39 is 0 Å². The number of aryl methyl sites for hydroxylation is 1. The summed E-state index contributed by atoms with van der Waals surface area (Å²) in [7, 11) is 0. The molecule has 3 nitrogen and oxygen atoms in total. The predicted molar refractivity (Wildman–Crippen MR) is 83.1 cm³/mol. The highest BCUT2D eigenvalue weighted by atomic mass is 35.5. The van der Waals surface area contributed by atoms with Gasteiger partial charge in [-0.2, -0.15) is 0 Å². The molecule has 1 heterocycles. The zero-order valence-corrected chi connectivity index (χ0v) is 11.9. The molecule has 3 rings (SSSR count). The molecule has 1 N–H and O–H groups in total. The smallest absolute Gasteiger partial charge is 0.224 e. The van der Waals surface area contributed by atoms with Crippen molar-refractivity contribution >= 4 is 28.3 Å². The Bertz CT molecular complexity index is 738. The molecule has 100 valence electrons. The first kappa shape index (κ1) is 12.9. The van der Waals surface area contributed by atoms with Crippen molar-refractivity contribution in [2.24, 2.45) is 0 Å². The highest BCUT2D eigenvalue weighted by molar-refractivity contribution is 6.28. The fraction of sp³-hybridized carbons (Fsp3) is 0.125. The van der Waals surface area contributed by atoms with Crippen LogP contribution in [0, 0.1) is 6.92 Å². The number of hydrogen-bond acceptors (Lipinski definition) is 3. The molecule has 0 bridgehead atoms. The van der Waals surface area contributed by atoms with Gasteiger partial charge < -0.3 is 5.32 Å². The first-order valence-corrected chi connectivity index (χ1v) is 6.82. The van der Waals surface area contributed by atoms with Crippen molar-refractivity contribution < 1.29 is 0 Å². The van der Waals surface area contributed by atoms with Crippen molar-refractivity contribution in [3.8, 4) is 0 Å². The number of benzene rings is 2. The topological polar surface area (TPSA) is 37.8 Å². The summed E-state index contributed by atoms with van der Waals surface area (Å²) in [6.07, 6.45) is 0. The lowest BCUT2D eigenvalue weighted by molar-refractivity contribution is 1.10. The van der Waals surface area contributed by atoms with E-state index in [1.807, 2.05) is 24.3 Å². The third-order valence-electron chi connectivity index (χ3n) is 3.16. The largest absolute Gasteiger partial charge is 0.365 e. The van der Waals surface area contributed by atoms with E-state index >= 15 is 0 Å². The number of rotatable bonds is 3. The van der Waals surface area contributed by atoms with Gasteiger partial charge in [0.2, 0.25) is 5.28 Å². The highest BCUT2D eigenvalue weighted by Crippen LogP contribution is 2.22. The Hall–Kier alpha value is -2.13. The molecular formula is C16H14ClN3. The molecule has 3 aromatic rings. The molecule has 0 saturated heterocycles. The molecule has 0 aliphatic carbocycles. The summed E-state index contributed by atoms with van der Waals surface area (Å²) >= 11 is 5.96. The molecular weight excluding hydrogens is 270 g/mol. The summed E-state index contributed by atoms with van der Waals surface area (Å²) in [5, 5.41) is 4.56. The van der Waals surface area contributed by atoms with Crippen molar-refractivity contribution in [3.05, 3.63) is 64.9 Å². The van der Waals surface area contributed by atoms with Crippen molar-refractivity contribution in [2.75, 3.05) is 5.32 Å². The number of hydrogen-bond donors (Lipinski definition) is 1. The number of nitrogens with one attached hydrogen (secondary N) is 1. The number of fused-ring (bicyclic) bond motifs is 1. The van der Waals surface area contributed by atoms with E-state index in [4.69, 9.17) is 11.6 Å². The molecule has 0 aliphatic heterocycles. The van der Waals surface area contributed by atoms with Crippen LogP contribution in [0.3, 0.4) is 0 Å². The Kier molecular flexibility index (Phi) is 3.52.